The number of benzene rings is 2. The van der Waals surface area contributed by atoms with Crippen molar-refractivity contribution < 1.29 is 40.9 Å². The summed E-state index contributed by atoms with van der Waals surface area (Å²) in [6.45, 7) is -0.436. The van der Waals surface area contributed by atoms with Gasteiger partial charge in [-0.05, 0) is 41.0 Å². The minimum absolute atomic E-state index is 0.402. The SMILES string of the molecule is OCc1c(-c2ccc(OC(F)(F)F)cc2)cncc1-c1ccc(OC(F)(F)F)cc1. The van der Waals surface area contributed by atoms with Gasteiger partial charge >= 0.3 is 12.7 Å². The van der Waals surface area contributed by atoms with Crippen LogP contribution < -0.4 is 9.47 Å². The fraction of sp³-hybridized carbons (Fsp3) is 0.150. The molecular weight excluding hydrogens is 416 g/mol. The average Bonchev–Trinajstić information content (AvgIpc) is 2.66. The predicted octanol–water partition coefficient (Wildman–Crippen LogP) is 5.71. The second-order valence-corrected chi connectivity index (χ2v) is 6.02. The first-order valence-electron chi connectivity index (χ1n) is 8.36. The Bertz CT molecular complexity index is 921. The summed E-state index contributed by atoms with van der Waals surface area (Å²) in [5.74, 6) is -0.803. The van der Waals surface area contributed by atoms with Crippen molar-refractivity contribution in [1.82, 2.24) is 4.98 Å². The molecule has 3 rings (SSSR count). The molecule has 0 aliphatic heterocycles. The van der Waals surface area contributed by atoms with Crippen molar-refractivity contribution in [2.75, 3.05) is 0 Å². The zero-order chi connectivity index (χ0) is 21.9. The standard InChI is InChI=1S/C20H13F6NO3/c21-19(22,23)29-14-5-1-12(2-6-14)16-9-27-10-17(18(16)11-28)13-3-7-15(8-4-13)30-20(24,25)26/h1-10,28H,11H2. The van der Waals surface area contributed by atoms with E-state index in [0.29, 0.717) is 27.8 Å². The van der Waals surface area contributed by atoms with Crippen LogP contribution in [-0.4, -0.2) is 22.8 Å². The van der Waals surface area contributed by atoms with E-state index >= 15 is 0 Å². The zero-order valence-electron chi connectivity index (χ0n) is 15.0. The van der Waals surface area contributed by atoms with Crippen molar-refractivity contribution >= 4 is 0 Å². The number of pyridine rings is 1. The molecule has 0 spiro atoms. The van der Waals surface area contributed by atoms with Crippen molar-refractivity contribution in [3.05, 3.63) is 66.5 Å². The maximum atomic E-state index is 12.3. The molecule has 0 bridgehead atoms. The molecule has 0 radical (unpaired) electrons. The maximum Gasteiger partial charge on any atom is 0.573 e. The van der Waals surface area contributed by atoms with Gasteiger partial charge in [-0.1, -0.05) is 24.3 Å². The van der Waals surface area contributed by atoms with Crippen molar-refractivity contribution in [2.45, 2.75) is 19.3 Å². The summed E-state index contributed by atoms with van der Waals surface area (Å²) in [7, 11) is 0. The molecule has 1 N–H and O–H groups in total. The fourth-order valence-electron chi connectivity index (χ4n) is 2.83. The van der Waals surface area contributed by atoms with Gasteiger partial charge in [-0.25, -0.2) is 0 Å². The van der Waals surface area contributed by atoms with Gasteiger partial charge in [-0.3, -0.25) is 4.98 Å². The van der Waals surface area contributed by atoms with Crippen molar-refractivity contribution in [3.8, 4) is 33.8 Å². The molecule has 3 aromatic rings. The van der Waals surface area contributed by atoms with Gasteiger partial charge in [-0.2, -0.15) is 0 Å². The third-order valence-corrected chi connectivity index (χ3v) is 4.01. The Morgan fingerprint density at radius 2 is 1.03 bits per heavy atom. The Morgan fingerprint density at radius 3 is 1.33 bits per heavy atom. The van der Waals surface area contributed by atoms with Gasteiger partial charge in [0, 0.05) is 23.5 Å². The lowest BCUT2D eigenvalue weighted by molar-refractivity contribution is -0.275. The fourth-order valence-corrected chi connectivity index (χ4v) is 2.83. The number of aromatic nitrogens is 1. The third kappa shape index (κ3) is 5.41. The molecule has 0 atom stereocenters. The van der Waals surface area contributed by atoms with Crippen molar-refractivity contribution in [3.63, 3.8) is 0 Å². The Kier molecular flexibility index (Phi) is 5.88. The van der Waals surface area contributed by atoms with Crippen LogP contribution in [0.4, 0.5) is 26.3 Å². The number of nitrogens with zero attached hydrogens (tertiary/aromatic N) is 1. The highest BCUT2D eigenvalue weighted by atomic mass is 19.4. The monoisotopic (exact) mass is 429 g/mol. The van der Waals surface area contributed by atoms with Gasteiger partial charge in [0.15, 0.2) is 0 Å². The van der Waals surface area contributed by atoms with E-state index in [4.69, 9.17) is 0 Å². The van der Waals surface area contributed by atoms with Crippen LogP contribution in [0, 0.1) is 0 Å². The van der Waals surface area contributed by atoms with E-state index in [2.05, 4.69) is 14.5 Å². The van der Waals surface area contributed by atoms with Crippen LogP contribution in [0.3, 0.4) is 0 Å². The average molecular weight is 429 g/mol. The summed E-state index contributed by atoms with van der Waals surface area (Å²) >= 11 is 0. The van der Waals surface area contributed by atoms with Crippen LogP contribution in [0.2, 0.25) is 0 Å². The first-order chi connectivity index (χ1) is 14.1. The lowest BCUT2D eigenvalue weighted by atomic mass is 9.95. The van der Waals surface area contributed by atoms with Gasteiger partial charge in [0.05, 0.1) is 6.61 Å². The van der Waals surface area contributed by atoms with E-state index in [1.165, 1.54) is 36.7 Å². The number of rotatable bonds is 5. The minimum Gasteiger partial charge on any atom is -0.406 e. The largest absolute Gasteiger partial charge is 0.573 e. The maximum absolute atomic E-state index is 12.3. The van der Waals surface area contributed by atoms with Crippen LogP contribution in [0.25, 0.3) is 22.3 Å². The molecular formula is C20H13F6NO3. The smallest absolute Gasteiger partial charge is 0.406 e. The molecule has 0 amide bonds. The molecule has 0 unspecified atom stereocenters. The van der Waals surface area contributed by atoms with E-state index in [-0.39, 0.29) is 0 Å². The molecule has 1 aromatic heterocycles. The predicted molar refractivity (Wildman–Crippen MR) is 94.4 cm³/mol. The Morgan fingerprint density at radius 1 is 0.667 bits per heavy atom. The summed E-state index contributed by atoms with van der Waals surface area (Å²) in [6, 6.07) is 10.0. The van der Waals surface area contributed by atoms with E-state index < -0.39 is 30.8 Å². The Labute approximate surface area is 166 Å². The van der Waals surface area contributed by atoms with E-state index in [0.717, 1.165) is 24.3 Å². The molecule has 4 nitrogen and oxygen atoms in total. The van der Waals surface area contributed by atoms with Crippen LogP contribution in [0.1, 0.15) is 5.56 Å². The summed E-state index contributed by atoms with van der Waals surface area (Å²) in [5.41, 5.74) is 2.24. The summed E-state index contributed by atoms with van der Waals surface area (Å²) in [5, 5.41) is 9.86. The lowest BCUT2D eigenvalue weighted by Gasteiger charge is -2.14. The highest BCUT2D eigenvalue weighted by Crippen LogP contribution is 2.34. The number of ether oxygens (including phenoxy) is 2. The van der Waals surface area contributed by atoms with Gasteiger partial charge in [-0.15, -0.1) is 26.3 Å². The van der Waals surface area contributed by atoms with Gasteiger partial charge in [0.2, 0.25) is 0 Å². The van der Waals surface area contributed by atoms with Crippen LogP contribution in [-0.2, 0) is 6.61 Å². The minimum atomic E-state index is -4.82. The number of halogens is 6. The second kappa shape index (κ2) is 8.23. The van der Waals surface area contributed by atoms with Crippen LogP contribution >= 0.6 is 0 Å². The number of aliphatic hydroxyl groups is 1. The zero-order valence-corrected chi connectivity index (χ0v) is 15.0. The molecule has 0 saturated carbocycles. The lowest BCUT2D eigenvalue weighted by Crippen LogP contribution is -2.16. The number of hydrogen-bond acceptors (Lipinski definition) is 4. The second-order valence-electron chi connectivity index (χ2n) is 6.02. The Hall–Kier alpha value is -3.27. The van der Waals surface area contributed by atoms with E-state index in [1.54, 1.807) is 0 Å². The molecule has 10 heteroatoms. The van der Waals surface area contributed by atoms with Gasteiger partial charge in [0.25, 0.3) is 0 Å². The number of aliphatic hydroxyl groups excluding tert-OH is 1. The number of hydrogen-bond donors (Lipinski definition) is 1. The summed E-state index contributed by atoms with van der Waals surface area (Å²) in [6.07, 6.45) is -6.78. The van der Waals surface area contributed by atoms with Crippen LogP contribution in [0.5, 0.6) is 11.5 Å². The highest BCUT2D eigenvalue weighted by molar-refractivity contribution is 5.77. The Balaban J connectivity index is 1.93. The van der Waals surface area contributed by atoms with E-state index in [1.807, 2.05) is 0 Å². The van der Waals surface area contributed by atoms with Crippen LogP contribution in [0.15, 0.2) is 60.9 Å². The molecule has 2 aromatic carbocycles. The molecule has 1 heterocycles. The highest BCUT2D eigenvalue weighted by Gasteiger charge is 2.31. The quantitative estimate of drug-likeness (QED) is 0.529. The van der Waals surface area contributed by atoms with Crippen molar-refractivity contribution in [2.24, 2.45) is 0 Å². The molecule has 158 valence electrons. The third-order valence-electron chi connectivity index (χ3n) is 4.01. The molecule has 0 saturated heterocycles. The van der Waals surface area contributed by atoms with Gasteiger partial charge < -0.3 is 14.6 Å². The summed E-state index contributed by atoms with van der Waals surface area (Å²) < 4.78 is 81.5. The van der Waals surface area contributed by atoms with Gasteiger partial charge in [0.1, 0.15) is 11.5 Å². The molecule has 30 heavy (non-hydrogen) atoms. The molecule has 0 fully saturated rings. The normalized spacial score (nSPS) is 12.0. The number of alkyl halides is 6. The first-order valence-corrected chi connectivity index (χ1v) is 8.36. The topological polar surface area (TPSA) is 51.6 Å². The first kappa shape index (κ1) is 21.4. The molecule has 0 aliphatic rings. The molecule has 0 aliphatic carbocycles. The van der Waals surface area contributed by atoms with E-state index in [9.17, 15) is 31.4 Å². The summed E-state index contributed by atoms with van der Waals surface area (Å²) in [4.78, 5) is 4.08. The van der Waals surface area contributed by atoms with Crippen molar-refractivity contribution in [1.29, 1.82) is 0 Å².